The summed E-state index contributed by atoms with van der Waals surface area (Å²) in [6.07, 6.45) is 0. The van der Waals surface area contributed by atoms with Gasteiger partial charge in [-0.1, -0.05) is 4.47 Å². The van der Waals surface area contributed by atoms with E-state index in [1.165, 1.54) is 21.3 Å². The predicted octanol–water partition coefficient (Wildman–Crippen LogP) is 0.598. The summed E-state index contributed by atoms with van der Waals surface area (Å²) in [5.41, 5.74) is 5.38. The van der Waals surface area contributed by atoms with E-state index in [4.69, 9.17) is 10.5 Å². The van der Waals surface area contributed by atoms with Gasteiger partial charge in [0.1, 0.15) is 0 Å². The molecule has 0 aromatic heterocycles. The van der Waals surface area contributed by atoms with Gasteiger partial charge in [0.25, 0.3) is 10.0 Å². The third-order valence-electron chi connectivity index (χ3n) is 2.14. The molecule has 0 unspecified atom stereocenters. The molecule has 0 radical (unpaired) electrons. The van der Waals surface area contributed by atoms with Crippen LogP contribution in [-0.2, 0) is 14.9 Å². The molecule has 0 saturated carbocycles. The largest absolute Gasteiger partial charge is 0.492 e. The zero-order valence-electron chi connectivity index (χ0n) is 9.60. The van der Waals surface area contributed by atoms with Gasteiger partial charge in [-0.25, -0.2) is 12.8 Å². The van der Waals surface area contributed by atoms with Gasteiger partial charge in [0.05, 0.1) is 24.8 Å². The molecule has 1 aromatic carbocycles. The monoisotopic (exact) mass is 264 g/mol. The number of methoxy groups -OCH3 is 1. The number of anilines is 1. The molecule has 8 heteroatoms. The van der Waals surface area contributed by atoms with Crippen LogP contribution in [0.5, 0.6) is 5.75 Å². The number of rotatable bonds is 4. The highest BCUT2D eigenvalue weighted by Gasteiger charge is 2.23. The molecule has 0 aliphatic carbocycles. The predicted molar refractivity (Wildman–Crippen MR) is 59.3 cm³/mol. The second-order valence-corrected chi connectivity index (χ2v) is 5.06. The van der Waals surface area contributed by atoms with Gasteiger partial charge in [-0.05, 0) is 12.1 Å². The number of ether oxygens (including phenoxy) is 1. The van der Waals surface area contributed by atoms with Crippen LogP contribution in [0, 0.1) is 5.82 Å². The third-order valence-corrected chi connectivity index (χ3v) is 3.80. The van der Waals surface area contributed by atoms with Gasteiger partial charge in [0, 0.05) is 7.05 Å². The third kappa shape index (κ3) is 2.48. The highest BCUT2D eigenvalue weighted by molar-refractivity contribution is 7.89. The van der Waals surface area contributed by atoms with Crippen molar-refractivity contribution in [2.24, 2.45) is 0 Å². The van der Waals surface area contributed by atoms with E-state index in [9.17, 15) is 12.8 Å². The van der Waals surface area contributed by atoms with E-state index >= 15 is 0 Å². The molecule has 1 rings (SSSR count). The molecule has 0 atom stereocenters. The Morgan fingerprint density at radius 2 is 1.94 bits per heavy atom. The Bertz CT molecular complexity index is 495. The van der Waals surface area contributed by atoms with Gasteiger partial charge in [-0.2, -0.15) is 0 Å². The van der Waals surface area contributed by atoms with Gasteiger partial charge < -0.3 is 10.5 Å². The number of hydrogen-bond donors (Lipinski definition) is 1. The number of halogens is 1. The average molecular weight is 264 g/mol. The highest BCUT2D eigenvalue weighted by Crippen LogP contribution is 2.29. The second-order valence-electron chi connectivity index (χ2n) is 3.12. The first-order valence-corrected chi connectivity index (χ1v) is 5.94. The summed E-state index contributed by atoms with van der Waals surface area (Å²) in [5.74, 6) is -1.04. The number of hydroxylamine groups is 1. The summed E-state index contributed by atoms with van der Waals surface area (Å²) >= 11 is 0. The molecule has 2 N–H and O–H groups in total. The fraction of sp³-hybridized carbons (Fsp3) is 0.333. The van der Waals surface area contributed by atoms with E-state index in [1.54, 1.807) is 0 Å². The number of nitrogens with two attached hydrogens (primary N) is 1. The van der Waals surface area contributed by atoms with Crippen molar-refractivity contribution in [3.63, 3.8) is 0 Å². The molecule has 17 heavy (non-hydrogen) atoms. The Labute approximate surface area is 98.7 Å². The summed E-state index contributed by atoms with van der Waals surface area (Å²) in [6, 6.07) is 1.92. The van der Waals surface area contributed by atoms with Crippen LogP contribution in [0.2, 0.25) is 0 Å². The number of sulfonamides is 1. The maximum Gasteiger partial charge on any atom is 0.264 e. The van der Waals surface area contributed by atoms with E-state index in [0.717, 1.165) is 12.1 Å². The first-order chi connectivity index (χ1) is 7.84. The number of benzene rings is 1. The Kier molecular flexibility index (Phi) is 3.91. The minimum absolute atomic E-state index is 0.101. The summed E-state index contributed by atoms with van der Waals surface area (Å²) in [4.78, 5) is 4.25. The van der Waals surface area contributed by atoms with Crippen LogP contribution in [0.1, 0.15) is 0 Å². The molecule has 0 bridgehead atoms. The lowest BCUT2D eigenvalue weighted by Crippen LogP contribution is -2.26. The van der Waals surface area contributed by atoms with Crippen molar-refractivity contribution in [2.75, 3.05) is 27.0 Å². The number of nitrogens with zero attached hydrogens (tertiary/aromatic N) is 1. The van der Waals surface area contributed by atoms with Crippen molar-refractivity contribution in [2.45, 2.75) is 4.90 Å². The van der Waals surface area contributed by atoms with Crippen LogP contribution >= 0.6 is 0 Å². The van der Waals surface area contributed by atoms with Crippen LogP contribution in [0.3, 0.4) is 0 Å². The standard InChI is InChI=1S/C9H13FN2O4S/c1-12(16-3)17(13,14)6-4-7(10)9(15-2)8(11)5-6/h4-5H,11H2,1-3H3. The van der Waals surface area contributed by atoms with Gasteiger partial charge in [-0.15, -0.1) is 0 Å². The lowest BCUT2D eigenvalue weighted by molar-refractivity contribution is -0.0258. The lowest BCUT2D eigenvalue weighted by Gasteiger charge is -2.15. The maximum atomic E-state index is 13.5. The molecule has 0 aliphatic rings. The Balaban J connectivity index is 3.36. The minimum Gasteiger partial charge on any atom is -0.492 e. The van der Waals surface area contributed by atoms with Crippen molar-refractivity contribution in [3.8, 4) is 5.75 Å². The molecule has 0 amide bonds. The minimum atomic E-state index is -3.92. The topological polar surface area (TPSA) is 81.9 Å². The molecule has 0 spiro atoms. The molecule has 0 aliphatic heterocycles. The average Bonchev–Trinajstić information content (AvgIpc) is 2.27. The second kappa shape index (κ2) is 4.86. The van der Waals surface area contributed by atoms with E-state index in [2.05, 4.69) is 4.84 Å². The zero-order valence-corrected chi connectivity index (χ0v) is 10.4. The molecule has 96 valence electrons. The van der Waals surface area contributed by atoms with E-state index in [0.29, 0.717) is 4.47 Å². The van der Waals surface area contributed by atoms with Gasteiger partial charge >= 0.3 is 0 Å². The Morgan fingerprint density at radius 1 is 1.35 bits per heavy atom. The van der Waals surface area contributed by atoms with Gasteiger partial charge in [0.2, 0.25) is 0 Å². The Morgan fingerprint density at radius 3 is 2.35 bits per heavy atom. The van der Waals surface area contributed by atoms with Crippen molar-refractivity contribution >= 4 is 15.7 Å². The summed E-state index contributed by atoms with van der Waals surface area (Å²) in [5, 5.41) is 0. The van der Waals surface area contributed by atoms with Gasteiger partial charge in [0.15, 0.2) is 11.6 Å². The van der Waals surface area contributed by atoms with Gasteiger partial charge in [-0.3, -0.25) is 4.84 Å². The normalized spacial score (nSPS) is 11.8. The fourth-order valence-electron chi connectivity index (χ4n) is 1.20. The smallest absolute Gasteiger partial charge is 0.264 e. The zero-order chi connectivity index (χ0) is 13.2. The van der Waals surface area contributed by atoms with Crippen molar-refractivity contribution in [3.05, 3.63) is 17.9 Å². The van der Waals surface area contributed by atoms with Crippen LogP contribution in [0.15, 0.2) is 17.0 Å². The van der Waals surface area contributed by atoms with E-state index in [-0.39, 0.29) is 16.3 Å². The first-order valence-electron chi connectivity index (χ1n) is 4.50. The first kappa shape index (κ1) is 13.7. The maximum absolute atomic E-state index is 13.5. The van der Waals surface area contributed by atoms with Crippen LogP contribution in [-0.4, -0.2) is 34.2 Å². The SMILES string of the molecule is COc1c(N)cc(S(=O)(=O)N(C)OC)cc1F. The van der Waals surface area contributed by atoms with E-state index in [1.807, 2.05) is 0 Å². The molecule has 0 heterocycles. The number of nitrogen functional groups attached to an aromatic ring is 1. The summed E-state index contributed by atoms with van der Waals surface area (Å²) < 4.78 is 42.4. The quantitative estimate of drug-likeness (QED) is 0.636. The highest BCUT2D eigenvalue weighted by atomic mass is 32.2. The van der Waals surface area contributed by atoms with Crippen molar-refractivity contribution < 1.29 is 22.4 Å². The molecular weight excluding hydrogens is 251 g/mol. The molecule has 0 saturated heterocycles. The molecular formula is C9H13FN2O4S. The van der Waals surface area contributed by atoms with Crippen LogP contribution in [0.25, 0.3) is 0 Å². The van der Waals surface area contributed by atoms with Crippen molar-refractivity contribution in [1.82, 2.24) is 4.47 Å². The van der Waals surface area contributed by atoms with E-state index < -0.39 is 15.8 Å². The molecule has 6 nitrogen and oxygen atoms in total. The van der Waals surface area contributed by atoms with Crippen LogP contribution < -0.4 is 10.5 Å². The van der Waals surface area contributed by atoms with Crippen LogP contribution in [0.4, 0.5) is 10.1 Å². The van der Waals surface area contributed by atoms with Crippen molar-refractivity contribution in [1.29, 1.82) is 0 Å². The molecule has 0 fully saturated rings. The molecule has 1 aromatic rings. The Hall–Kier alpha value is -1.38. The summed E-state index contributed by atoms with van der Waals surface area (Å²) in [6.45, 7) is 0. The lowest BCUT2D eigenvalue weighted by atomic mass is 10.3. The summed E-state index contributed by atoms with van der Waals surface area (Å²) in [7, 11) is -0.314. The number of hydrogen-bond acceptors (Lipinski definition) is 5. The fourth-order valence-corrected chi connectivity index (χ4v) is 2.22.